The Morgan fingerprint density at radius 1 is 1.47 bits per heavy atom. The minimum atomic E-state index is -0.264. The van der Waals surface area contributed by atoms with Gasteiger partial charge in [0, 0.05) is 28.4 Å². The van der Waals surface area contributed by atoms with E-state index in [2.05, 4.69) is 27.8 Å². The van der Waals surface area contributed by atoms with Crippen molar-refractivity contribution in [2.45, 2.75) is 19.5 Å². The Hall–Kier alpha value is -0.840. The fourth-order valence-electron chi connectivity index (χ4n) is 1.77. The number of nitrogens with two attached hydrogens (primary N) is 1. The Balaban J connectivity index is 2.39. The molecule has 0 amide bonds. The van der Waals surface area contributed by atoms with Crippen LogP contribution in [0.1, 0.15) is 24.4 Å². The molecule has 17 heavy (non-hydrogen) atoms. The lowest BCUT2D eigenvalue weighted by Gasteiger charge is -2.14. The molecule has 0 saturated heterocycles. The molecule has 0 fully saturated rings. The molecule has 3 nitrogen and oxygen atoms in total. The van der Waals surface area contributed by atoms with Crippen LogP contribution in [0.25, 0.3) is 0 Å². The van der Waals surface area contributed by atoms with E-state index in [9.17, 15) is 0 Å². The van der Waals surface area contributed by atoms with Crippen molar-refractivity contribution < 1.29 is 0 Å². The number of halogens is 2. The third kappa shape index (κ3) is 2.70. The summed E-state index contributed by atoms with van der Waals surface area (Å²) in [5.74, 6) is 0.849. The Morgan fingerprint density at radius 2 is 2.24 bits per heavy atom. The summed E-state index contributed by atoms with van der Waals surface area (Å²) in [4.78, 5) is 4.30. The van der Waals surface area contributed by atoms with E-state index in [0.29, 0.717) is 5.02 Å². The van der Waals surface area contributed by atoms with Crippen molar-refractivity contribution in [3.63, 3.8) is 0 Å². The fourth-order valence-corrected chi connectivity index (χ4v) is 2.66. The summed E-state index contributed by atoms with van der Waals surface area (Å²) >= 11 is 9.43. The van der Waals surface area contributed by atoms with Gasteiger partial charge in [0.2, 0.25) is 0 Å². The zero-order valence-corrected chi connectivity index (χ0v) is 11.7. The fraction of sp³-hybridized carbons (Fsp3) is 0.250. The molecule has 0 aliphatic rings. The zero-order chi connectivity index (χ0) is 12.4. The van der Waals surface area contributed by atoms with E-state index in [0.717, 1.165) is 22.4 Å². The van der Waals surface area contributed by atoms with Crippen molar-refractivity contribution in [1.82, 2.24) is 9.55 Å². The van der Waals surface area contributed by atoms with E-state index < -0.39 is 0 Å². The normalized spacial score (nSPS) is 12.7. The molecule has 2 rings (SSSR count). The van der Waals surface area contributed by atoms with Crippen LogP contribution in [0.4, 0.5) is 0 Å². The number of imidazole rings is 1. The summed E-state index contributed by atoms with van der Waals surface area (Å²) in [5, 5.41) is 0.666. The van der Waals surface area contributed by atoms with Crippen LogP contribution in [0.15, 0.2) is 35.1 Å². The summed E-state index contributed by atoms with van der Waals surface area (Å²) in [6.45, 7) is 2.91. The third-order valence-corrected chi connectivity index (χ3v) is 3.29. The average molecular weight is 315 g/mol. The zero-order valence-electron chi connectivity index (χ0n) is 9.40. The van der Waals surface area contributed by atoms with E-state index in [1.165, 1.54) is 0 Å². The lowest BCUT2D eigenvalue weighted by molar-refractivity contribution is 0.656. The molecule has 0 spiro atoms. The van der Waals surface area contributed by atoms with Crippen LogP contribution >= 0.6 is 27.5 Å². The van der Waals surface area contributed by atoms with Gasteiger partial charge in [0.25, 0.3) is 0 Å². The van der Waals surface area contributed by atoms with Gasteiger partial charge in [-0.15, -0.1) is 0 Å². The molecular weight excluding hydrogens is 302 g/mol. The van der Waals surface area contributed by atoms with Gasteiger partial charge in [0.15, 0.2) is 0 Å². The molecule has 5 heteroatoms. The number of aromatic nitrogens is 2. The first-order chi connectivity index (χ1) is 8.11. The first-order valence-electron chi connectivity index (χ1n) is 5.34. The predicted octanol–water partition coefficient (Wildman–Crippen LogP) is 3.37. The van der Waals surface area contributed by atoms with Crippen LogP contribution in [-0.4, -0.2) is 9.55 Å². The second-order valence-electron chi connectivity index (χ2n) is 3.75. The SMILES string of the molecule is CCn1ccnc1C(N)c1cc(Cl)cc(Br)c1. The van der Waals surface area contributed by atoms with Crippen LogP contribution in [0, 0.1) is 0 Å². The van der Waals surface area contributed by atoms with Crippen molar-refractivity contribution in [2.75, 3.05) is 0 Å². The molecule has 0 saturated carbocycles. The number of aryl methyl sites for hydroxylation is 1. The molecule has 0 radical (unpaired) electrons. The molecule has 1 aromatic carbocycles. The number of hydrogen-bond acceptors (Lipinski definition) is 2. The highest BCUT2D eigenvalue weighted by Gasteiger charge is 2.15. The van der Waals surface area contributed by atoms with Crippen LogP contribution < -0.4 is 5.73 Å². The Morgan fingerprint density at radius 3 is 2.88 bits per heavy atom. The molecule has 2 N–H and O–H groups in total. The highest BCUT2D eigenvalue weighted by atomic mass is 79.9. The van der Waals surface area contributed by atoms with Gasteiger partial charge in [0.05, 0.1) is 6.04 Å². The monoisotopic (exact) mass is 313 g/mol. The maximum atomic E-state index is 6.21. The minimum Gasteiger partial charge on any atom is -0.334 e. The van der Waals surface area contributed by atoms with Gasteiger partial charge in [-0.2, -0.15) is 0 Å². The number of hydrogen-bond donors (Lipinski definition) is 1. The summed E-state index contributed by atoms with van der Waals surface area (Å²) in [6, 6.07) is 5.40. The van der Waals surface area contributed by atoms with Crippen LogP contribution in [0.3, 0.4) is 0 Å². The predicted molar refractivity (Wildman–Crippen MR) is 73.1 cm³/mol. The molecule has 1 atom stereocenters. The quantitative estimate of drug-likeness (QED) is 0.944. The van der Waals surface area contributed by atoms with E-state index in [1.807, 2.05) is 29.0 Å². The van der Waals surface area contributed by atoms with Crippen molar-refractivity contribution in [1.29, 1.82) is 0 Å². The Kier molecular flexibility index (Phi) is 3.86. The lowest BCUT2D eigenvalue weighted by atomic mass is 10.1. The molecule has 1 unspecified atom stereocenters. The van der Waals surface area contributed by atoms with Gasteiger partial charge in [-0.05, 0) is 30.7 Å². The molecule has 0 bridgehead atoms. The minimum absolute atomic E-state index is 0.264. The van der Waals surface area contributed by atoms with Crippen LogP contribution in [0.5, 0.6) is 0 Å². The van der Waals surface area contributed by atoms with Gasteiger partial charge < -0.3 is 10.3 Å². The van der Waals surface area contributed by atoms with Crippen molar-refractivity contribution in [2.24, 2.45) is 5.73 Å². The molecule has 90 valence electrons. The van der Waals surface area contributed by atoms with Crippen molar-refractivity contribution >= 4 is 27.5 Å². The van der Waals surface area contributed by atoms with Crippen molar-refractivity contribution in [3.05, 3.63) is 51.5 Å². The first-order valence-corrected chi connectivity index (χ1v) is 6.51. The van der Waals surface area contributed by atoms with Crippen LogP contribution in [-0.2, 0) is 6.54 Å². The molecule has 2 aromatic rings. The largest absolute Gasteiger partial charge is 0.334 e. The maximum absolute atomic E-state index is 6.21. The van der Waals surface area contributed by atoms with Crippen molar-refractivity contribution in [3.8, 4) is 0 Å². The average Bonchev–Trinajstić information content (AvgIpc) is 2.74. The van der Waals surface area contributed by atoms with E-state index in [4.69, 9.17) is 17.3 Å². The summed E-state index contributed by atoms with van der Waals surface area (Å²) in [5.41, 5.74) is 7.16. The molecule has 1 aromatic heterocycles. The standard InChI is InChI=1S/C12H13BrClN3/c1-2-17-4-3-16-12(17)11(15)8-5-9(13)7-10(14)6-8/h3-7,11H,2,15H2,1H3. The molecule has 0 aliphatic heterocycles. The number of benzene rings is 1. The Labute approximate surface area is 114 Å². The molecule has 1 heterocycles. The van der Waals surface area contributed by atoms with Gasteiger partial charge in [-0.3, -0.25) is 0 Å². The third-order valence-electron chi connectivity index (χ3n) is 2.61. The summed E-state index contributed by atoms with van der Waals surface area (Å²) < 4.78 is 2.95. The van der Waals surface area contributed by atoms with E-state index in [1.54, 1.807) is 6.20 Å². The number of rotatable bonds is 3. The molecule has 0 aliphatic carbocycles. The smallest absolute Gasteiger partial charge is 0.130 e. The van der Waals surface area contributed by atoms with E-state index >= 15 is 0 Å². The Bertz CT molecular complexity index is 504. The van der Waals surface area contributed by atoms with E-state index in [-0.39, 0.29) is 6.04 Å². The highest BCUT2D eigenvalue weighted by Crippen LogP contribution is 2.25. The van der Waals surface area contributed by atoms with Gasteiger partial charge in [-0.1, -0.05) is 27.5 Å². The highest BCUT2D eigenvalue weighted by molar-refractivity contribution is 9.10. The molecular formula is C12H13BrClN3. The summed E-state index contributed by atoms with van der Waals surface area (Å²) in [7, 11) is 0. The second kappa shape index (κ2) is 5.21. The lowest BCUT2D eigenvalue weighted by Crippen LogP contribution is -2.17. The maximum Gasteiger partial charge on any atom is 0.130 e. The number of nitrogens with zero attached hydrogens (tertiary/aromatic N) is 2. The summed E-state index contributed by atoms with van der Waals surface area (Å²) in [6.07, 6.45) is 3.69. The second-order valence-corrected chi connectivity index (χ2v) is 5.10. The van der Waals surface area contributed by atoms with Crippen LogP contribution in [0.2, 0.25) is 5.02 Å². The topological polar surface area (TPSA) is 43.8 Å². The van der Waals surface area contributed by atoms with Gasteiger partial charge in [0.1, 0.15) is 5.82 Å². The van der Waals surface area contributed by atoms with Gasteiger partial charge >= 0.3 is 0 Å². The first kappa shape index (κ1) is 12.6. The van der Waals surface area contributed by atoms with Gasteiger partial charge in [-0.25, -0.2) is 4.98 Å².